The van der Waals surface area contributed by atoms with Gasteiger partial charge in [-0.05, 0) is 48.9 Å². The van der Waals surface area contributed by atoms with Crippen LogP contribution < -0.4 is 0 Å². The molecule has 0 aliphatic heterocycles. The number of allylic oxidation sites excluding steroid dienone is 2. The average Bonchev–Trinajstić information content (AvgIpc) is 2.56. The van der Waals surface area contributed by atoms with E-state index >= 15 is 0 Å². The summed E-state index contributed by atoms with van der Waals surface area (Å²) in [5.74, 6) is 3.07. The van der Waals surface area contributed by atoms with Crippen molar-refractivity contribution in [2.75, 3.05) is 0 Å². The van der Waals surface area contributed by atoms with Crippen LogP contribution in [0.1, 0.15) is 52.9 Å². The molecule has 0 amide bonds. The summed E-state index contributed by atoms with van der Waals surface area (Å²) in [5, 5.41) is 0.321. The zero-order valence-corrected chi connectivity index (χ0v) is 13.2. The molecular weight excluding hydrogens is 224 g/mol. The first-order chi connectivity index (χ1) is 7.79. The highest BCUT2D eigenvalue weighted by Crippen LogP contribution is 2.45. The second-order valence-electron chi connectivity index (χ2n) is 7.41. The van der Waals surface area contributed by atoms with E-state index in [4.69, 9.17) is 4.43 Å². The summed E-state index contributed by atoms with van der Waals surface area (Å²) < 4.78 is 6.46. The predicted molar refractivity (Wildman–Crippen MR) is 76.4 cm³/mol. The normalized spacial score (nSPS) is 29.8. The molecule has 2 aliphatic rings. The fourth-order valence-electron chi connectivity index (χ4n) is 2.83. The lowest BCUT2D eigenvalue weighted by Crippen LogP contribution is -2.40. The van der Waals surface area contributed by atoms with E-state index in [1.807, 2.05) is 0 Å². The molecule has 0 saturated heterocycles. The summed E-state index contributed by atoms with van der Waals surface area (Å²) in [6, 6.07) is 0. The fraction of sp³-hybridized carbons (Fsp3) is 0.867. The molecule has 2 atom stereocenters. The van der Waals surface area contributed by atoms with Gasteiger partial charge in [-0.1, -0.05) is 33.6 Å². The third kappa shape index (κ3) is 2.78. The van der Waals surface area contributed by atoms with Gasteiger partial charge in [-0.3, -0.25) is 0 Å². The number of fused-ring (bicyclic) bond motifs is 1. The van der Waals surface area contributed by atoms with Crippen molar-refractivity contribution >= 4 is 8.32 Å². The molecule has 0 aromatic rings. The molecule has 2 heteroatoms. The average molecular weight is 252 g/mol. The van der Waals surface area contributed by atoms with E-state index in [0.717, 1.165) is 11.8 Å². The molecule has 2 unspecified atom stereocenters. The van der Waals surface area contributed by atoms with Gasteiger partial charge in [0.25, 0.3) is 0 Å². The summed E-state index contributed by atoms with van der Waals surface area (Å²) >= 11 is 0. The molecule has 98 valence electrons. The summed E-state index contributed by atoms with van der Waals surface area (Å²) in [4.78, 5) is 0. The van der Waals surface area contributed by atoms with Crippen LogP contribution in [0.2, 0.25) is 18.1 Å². The van der Waals surface area contributed by atoms with Gasteiger partial charge in [0.05, 0.1) is 5.76 Å². The molecule has 1 fully saturated rings. The molecule has 1 saturated carbocycles. The Morgan fingerprint density at radius 3 is 2.41 bits per heavy atom. The minimum absolute atomic E-state index is 0.321. The Labute approximate surface area is 108 Å². The highest BCUT2D eigenvalue weighted by Gasteiger charge is 2.41. The smallest absolute Gasteiger partial charge is 0.250 e. The standard InChI is InChI=1S/C15H28OSi/c1-15(2,3)17(4,5)16-14-10-12-8-6-7-9-13(12)11-14/h10,12-13H,6-9,11H2,1-5H3. The van der Waals surface area contributed by atoms with Gasteiger partial charge in [0.1, 0.15) is 0 Å². The van der Waals surface area contributed by atoms with Crippen molar-refractivity contribution in [3.8, 4) is 0 Å². The van der Waals surface area contributed by atoms with Gasteiger partial charge < -0.3 is 4.43 Å². The third-order valence-electron chi connectivity index (χ3n) is 5.02. The first-order valence-corrected chi connectivity index (χ1v) is 10.1. The van der Waals surface area contributed by atoms with Crippen LogP contribution in [0.4, 0.5) is 0 Å². The minimum Gasteiger partial charge on any atom is -0.547 e. The molecular formula is C15H28OSi. The van der Waals surface area contributed by atoms with E-state index in [0.29, 0.717) is 5.04 Å². The Balaban J connectivity index is 2.01. The molecule has 0 spiro atoms. The zero-order chi connectivity index (χ0) is 12.7. The van der Waals surface area contributed by atoms with Crippen LogP contribution >= 0.6 is 0 Å². The van der Waals surface area contributed by atoms with Gasteiger partial charge >= 0.3 is 0 Å². The van der Waals surface area contributed by atoms with E-state index in [9.17, 15) is 0 Å². The van der Waals surface area contributed by atoms with E-state index in [-0.39, 0.29) is 0 Å². The minimum atomic E-state index is -1.60. The molecule has 17 heavy (non-hydrogen) atoms. The number of hydrogen-bond acceptors (Lipinski definition) is 1. The van der Waals surface area contributed by atoms with Gasteiger partial charge in [-0.2, -0.15) is 0 Å². The summed E-state index contributed by atoms with van der Waals surface area (Å²) in [5.41, 5.74) is 0. The van der Waals surface area contributed by atoms with Crippen molar-refractivity contribution in [1.82, 2.24) is 0 Å². The van der Waals surface area contributed by atoms with Crippen LogP contribution in [0.15, 0.2) is 11.8 Å². The van der Waals surface area contributed by atoms with Crippen molar-refractivity contribution in [3.63, 3.8) is 0 Å². The predicted octanol–water partition coefficient (Wildman–Crippen LogP) is 5.10. The molecule has 0 bridgehead atoms. The Hall–Kier alpha value is -0.243. The summed E-state index contributed by atoms with van der Waals surface area (Å²) in [6.07, 6.45) is 9.36. The van der Waals surface area contributed by atoms with E-state index in [1.54, 1.807) is 0 Å². The molecule has 0 aromatic heterocycles. The van der Waals surface area contributed by atoms with Crippen LogP contribution in [0.5, 0.6) is 0 Å². The molecule has 1 nitrogen and oxygen atoms in total. The van der Waals surface area contributed by atoms with Gasteiger partial charge in [0.15, 0.2) is 0 Å². The summed E-state index contributed by atoms with van der Waals surface area (Å²) in [6.45, 7) is 11.7. The van der Waals surface area contributed by atoms with Crippen molar-refractivity contribution in [1.29, 1.82) is 0 Å². The second kappa shape index (κ2) is 4.45. The largest absolute Gasteiger partial charge is 0.547 e. The maximum Gasteiger partial charge on any atom is 0.250 e. The highest BCUT2D eigenvalue weighted by molar-refractivity contribution is 6.74. The summed E-state index contributed by atoms with van der Waals surface area (Å²) in [7, 11) is -1.60. The monoisotopic (exact) mass is 252 g/mol. The van der Waals surface area contributed by atoms with Gasteiger partial charge in [-0.25, -0.2) is 0 Å². The van der Waals surface area contributed by atoms with Crippen molar-refractivity contribution in [2.45, 2.75) is 71.0 Å². The van der Waals surface area contributed by atoms with E-state index in [1.165, 1.54) is 37.9 Å². The Morgan fingerprint density at radius 1 is 1.18 bits per heavy atom. The maximum atomic E-state index is 6.46. The van der Waals surface area contributed by atoms with Crippen LogP contribution in [0, 0.1) is 11.8 Å². The molecule has 2 aliphatic carbocycles. The first kappa shape index (κ1) is 13.2. The topological polar surface area (TPSA) is 9.23 Å². The molecule has 0 aromatic carbocycles. The zero-order valence-electron chi connectivity index (χ0n) is 12.2. The van der Waals surface area contributed by atoms with E-state index in [2.05, 4.69) is 39.9 Å². The maximum absolute atomic E-state index is 6.46. The molecule has 0 heterocycles. The van der Waals surface area contributed by atoms with Crippen molar-refractivity contribution < 1.29 is 4.43 Å². The first-order valence-electron chi connectivity index (χ1n) is 7.19. The van der Waals surface area contributed by atoms with Crippen LogP contribution in [0.3, 0.4) is 0 Å². The van der Waals surface area contributed by atoms with Crippen molar-refractivity contribution in [3.05, 3.63) is 11.8 Å². The fourth-order valence-corrected chi connectivity index (χ4v) is 3.94. The van der Waals surface area contributed by atoms with Crippen LogP contribution in [-0.4, -0.2) is 8.32 Å². The molecule has 0 radical (unpaired) electrons. The SMILES string of the molecule is CC(C)(C)[Si](C)(C)OC1=CC2CCCCC2C1. The number of hydrogen-bond donors (Lipinski definition) is 0. The van der Waals surface area contributed by atoms with Crippen molar-refractivity contribution in [2.24, 2.45) is 11.8 Å². The molecule has 0 N–H and O–H groups in total. The van der Waals surface area contributed by atoms with Crippen LogP contribution in [0.25, 0.3) is 0 Å². The second-order valence-corrected chi connectivity index (χ2v) is 12.1. The van der Waals surface area contributed by atoms with Gasteiger partial charge in [-0.15, -0.1) is 0 Å². The van der Waals surface area contributed by atoms with Gasteiger partial charge in [0, 0.05) is 6.42 Å². The number of rotatable bonds is 2. The Morgan fingerprint density at radius 2 is 1.82 bits per heavy atom. The Bertz CT molecular complexity index is 311. The Kier molecular flexibility index (Phi) is 3.46. The third-order valence-corrected chi connectivity index (χ3v) is 9.41. The van der Waals surface area contributed by atoms with Crippen LogP contribution in [-0.2, 0) is 4.43 Å². The van der Waals surface area contributed by atoms with E-state index < -0.39 is 8.32 Å². The lowest BCUT2D eigenvalue weighted by molar-refractivity contribution is 0.286. The quantitative estimate of drug-likeness (QED) is 0.621. The van der Waals surface area contributed by atoms with Gasteiger partial charge in [0.2, 0.25) is 8.32 Å². The lowest BCUT2D eigenvalue weighted by atomic mass is 9.82. The molecule has 2 rings (SSSR count). The lowest BCUT2D eigenvalue weighted by Gasteiger charge is -2.37. The highest BCUT2D eigenvalue weighted by atomic mass is 28.4.